The number of ether oxygens (including phenoxy) is 1. The summed E-state index contributed by atoms with van der Waals surface area (Å²) in [6.45, 7) is 0.491. The van der Waals surface area contributed by atoms with Gasteiger partial charge in [0.25, 0.3) is 0 Å². The summed E-state index contributed by atoms with van der Waals surface area (Å²) in [6, 6.07) is 18.9. The molecule has 1 N–H and O–H groups in total. The number of methoxy groups -OCH3 is 1. The minimum absolute atomic E-state index is 0.0736. The first-order valence-corrected chi connectivity index (χ1v) is 8.81. The number of carbonyl (C=O) groups is 2. The Labute approximate surface area is 154 Å². The molecule has 2 aromatic carbocycles. The molecule has 2 atom stereocenters. The molecular weight excluding hydrogens is 328 g/mol. The summed E-state index contributed by atoms with van der Waals surface area (Å²) < 4.78 is 4.94. The molecule has 1 aliphatic rings. The van der Waals surface area contributed by atoms with Crippen LogP contribution in [0, 0.1) is 0 Å². The third kappa shape index (κ3) is 3.63. The van der Waals surface area contributed by atoms with E-state index in [4.69, 9.17) is 4.74 Å². The van der Waals surface area contributed by atoms with Gasteiger partial charge >= 0.3 is 5.97 Å². The Hall–Kier alpha value is -2.66. The number of hydrogen-bond donors (Lipinski definition) is 1. The Morgan fingerprint density at radius 1 is 1.04 bits per heavy atom. The molecule has 136 valence electrons. The lowest BCUT2D eigenvalue weighted by Crippen LogP contribution is -2.44. The maximum absolute atomic E-state index is 13.5. The summed E-state index contributed by atoms with van der Waals surface area (Å²) in [5.41, 5.74) is 1.83. The van der Waals surface area contributed by atoms with Crippen LogP contribution in [0.1, 0.15) is 23.5 Å². The summed E-state index contributed by atoms with van der Waals surface area (Å²) in [7, 11) is 3.21. The molecule has 5 heteroatoms. The molecule has 3 rings (SSSR count). The van der Waals surface area contributed by atoms with Gasteiger partial charge in [-0.2, -0.15) is 0 Å². The van der Waals surface area contributed by atoms with Gasteiger partial charge in [0.1, 0.15) is 6.04 Å². The molecule has 0 bridgehead atoms. The summed E-state index contributed by atoms with van der Waals surface area (Å²) in [6.07, 6.45) is 0.561. The first kappa shape index (κ1) is 18.1. The molecule has 5 nitrogen and oxygen atoms in total. The van der Waals surface area contributed by atoms with E-state index >= 15 is 0 Å². The van der Waals surface area contributed by atoms with Gasteiger partial charge in [-0.05, 0) is 24.6 Å². The molecule has 1 fully saturated rings. The van der Waals surface area contributed by atoms with Gasteiger partial charge in [-0.15, -0.1) is 0 Å². The molecule has 1 saturated heterocycles. The van der Waals surface area contributed by atoms with Crippen LogP contribution in [0.3, 0.4) is 0 Å². The van der Waals surface area contributed by atoms with Crippen LogP contribution < -0.4 is 5.32 Å². The maximum Gasteiger partial charge on any atom is 0.328 e. The summed E-state index contributed by atoms with van der Waals surface area (Å²) in [5, 5.41) is 3.17. The summed E-state index contributed by atoms with van der Waals surface area (Å²) in [4.78, 5) is 27.4. The largest absolute Gasteiger partial charge is 0.467 e. The molecule has 0 radical (unpaired) electrons. The first-order chi connectivity index (χ1) is 12.7. The second kappa shape index (κ2) is 8.15. The monoisotopic (exact) mass is 352 g/mol. The second-order valence-electron chi connectivity index (χ2n) is 6.51. The predicted octanol–water partition coefficient (Wildman–Crippen LogP) is 2.18. The van der Waals surface area contributed by atoms with Crippen LogP contribution >= 0.6 is 0 Å². The zero-order valence-electron chi connectivity index (χ0n) is 15.1. The highest BCUT2D eigenvalue weighted by Gasteiger charge is 2.42. The van der Waals surface area contributed by atoms with E-state index < -0.39 is 12.0 Å². The number of carbonyl (C=O) groups excluding carboxylic acids is 2. The Kier molecular flexibility index (Phi) is 5.68. The van der Waals surface area contributed by atoms with E-state index in [1.165, 1.54) is 7.11 Å². The van der Waals surface area contributed by atoms with Gasteiger partial charge in [0.05, 0.1) is 13.0 Å². The molecule has 0 aromatic heterocycles. The van der Waals surface area contributed by atoms with Crippen molar-refractivity contribution < 1.29 is 14.3 Å². The number of likely N-dealkylation sites (tertiary alicyclic amines) is 1. The molecule has 0 saturated carbocycles. The van der Waals surface area contributed by atoms with Crippen molar-refractivity contribution in [3.05, 3.63) is 71.8 Å². The van der Waals surface area contributed by atoms with E-state index in [9.17, 15) is 9.59 Å². The van der Waals surface area contributed by atoms with E-state index in [1.807, 2.05) is 67.7 Å². The van der Waals surface area contributed by atoms with Crippen molar-refractivity contribution >= 4 is 11.9 Å². The van der Waals surface area contributed by atoms with Gasteiger partial charge in [0.15, 0.2) is 0 Å². The molecular formula is C21H24N2O3. The normalized spacial score (nSPS) is 19.6. The highest BCUT2D eigenvalue weighted by Crippen LogP contribution is 2.30. The van der Waals surface area contributed by atoms with E-state index in [2.05, 4.69) is 5.32 Å². The van der Waals surface area contributed by atoms with Crippen LogP contribution in [0.25, 0.3) is 0 Å². The van der Waals surface area contributed by atoms with Crippen molar-refractivity contribution in [1.29, 1.82) is 0 Å². The topological polar surface area (TPSA) is 58.6 Å². The average Bonchev–Trinajstić information content (AvgIpc) is 3.14. The van der Waals surface area contributed by atoms with Crippen LogP contribution in [0.2, 0.25) is 0 Å². The molecule has 0 unspecified atom stereocenters. The van der Waals surface area contributed by atoms with Crippen LogP contribution in [-0.4, -0.2) is 49.6 Å². The number of benzene rings is 2. The van der Waals surface area contributed by atoms with Gasteiger partial charge in [-0.1, -0.05) is 60.7 Å². The van der Waals surface area contributed by atoms with Gasteiger partial charge in [-0.25, -0.2) is 4.79 Å². The standard InChI is InChI=1S/C21H24N2O3/c1-22-17-13-18(21(25)26-2)23(14-17)20(24)19(15-9-5-3-6-10-15)16-11-7-4-8-12-16/h3-12,17-19,22H,13-14H2,1-2H3/t17-,18-/m0/s1. The summed E-state index contributed by atoms with van der Waals surface area (Å²) >= 11 is 0. The van der Waals surface area contributed by atoms with Crippen molar-refractivity contribution in [2.75, 3.05) is 20.7 Å². The van der Waals surface area contributed by atoms with Crippen molar-refractivity contribution in [3.8, 4) is 0 Å². The molecule has 2 aromatic rings. The van der Waals surface area contributed by atoms with Crippen molar-refractivity contribution in [2.45, 2.75) is 24.4 Å². The van der Waals surface area contributed by atoms with Crippen LogP contribution in [0.15, 0.2) is 60.7 Å². The van der Waals surface area contributed by atoms with E-state index in [-0.39, 0.29) is 17.9 Å². The fraction of sp³-hybridized carbons (Fsp3) is 0.333. The van der Waals surface area contributed by atoms with Crippen LogP contribution in [0.4, 0.5) is 0 Å². The van der Waals surface area contributed by atoms with Crippen LogP contribution in [0.5, 0.6) is 0 Å². The Morgan fingerprint density at radius 2 is 1.58 bits per heavy atom. The highest BCUT2D eigenvalue weighted by molar-refractivity contribution is 5.91. The third-order valence-electron chi connectivity index (χ3n) is 4.98. The minimum atomic E-state index is -0.556. The molecule has 1 amide bonds. The van der Waals surface area contributed by atoms with Gasteiger partial charge < -0.3 is 15.0 Å². The number of rotatable bonds is 5. The van der Waals surface area contributed by atoms with E-state index in [0.717, 1.165) is 11.1 Å². The number of amides is 1. The number of nitrogens with zero attached hydrogens (tertiary/aromatic N) is 1. The van der Waals surface area contributed by atoms with Crippen molar-refractivity contribution in [3.63, 3.8) is 0 Å². The Balaban J connectivity index is 1.98. The second-order valence-corrected chi connectivity index (χ2v) is 6.51. The zero-order valence-corrected chi connectivity index (χ0v) is 15.1. The van der Waals surface area contributed by atoms with E-state index in [0.29, 0.717) is 13.0 Å². The zero-order chi connectivity index (χ0) is 18.5. The fourth-order valence-electron chi connectivity index (χ4n) is 3.58. The SMILES string of the molecule is CN[C@H]1C[C@@H](C(=O)OC)N(C(=O)C(c2ccccc2)c2ccccc2)C1. The van der Waals surface area contributed by atoms with Gasteiger partial charge in [-0.3, -0.25) is 4.79 Å². The molecule has 1 heterocycles. The lowest BCUT2D eigenvalue weighted by Gasteiger charge is -2.28. The molecule has 0 aliphatic carbocycles. The average molecular weight is 352 g/mol. The molecule has 0 spiro atoms. The van der Waals surface area contributed by atoms with Crippen molar-refractivity contribution in [1.82, 2.24) is 10.2 Å². The van der Waals surface area contributed by atoms with Gasteiger partial charge in [0, 0.05) is 12.6 Å². The lowest BCUT2D eigenvalue weighted by molar-refractivity contribution is -0.151. The first-order valence-electron chi connectivity index (χ1n) is 8.81. The minimum Gasteiger partial charge on any atom is -0.467 e. The van der Waals surface area contributed by atoms with Gasteiger partial charge in [0.2, 0.25) is 5.91 Å². The lowest BCUT2D eigenvalue weighted by atomic mass is 9.90. The highest BCUT2D eigenvalue weighted by atomic mass is 16.5. The number of nitrogens with one attached hydrogen (secondary N) is 1. The molecule has 26 heavy (non-hydrogen) atoms. The van der Waals surface area contributed by atoms with Crippen LogP contribution in [-0.2, 0) is 14.3 Å². The number of esters is 1. The Morgan fingerprint density at radius 3 is 2.04 bits per heavy atom. The quantitative estimate of drug-likeness (QED) is 0.838. The summed E-state index contributed by atoms with van der Waals surface area (Å²) in [5.74, 6) is -0.883. The van der Waals surface area contributed by atoms with E-state index in [1.54, 1.807) is 4.90 Å². The number of hydrogen-bond acceptors (Lipinski definition) is 4. The third-order valence-corrected chi connectivity index (χ3v) is 4.98. The number of likely N-dealkylation sites (N-methyl/N-ethyl adjacent to an activating group) is 1. The predicted molar refractivity (Wildman–Crippen MR) is 99.7 cm³/mol. The Bertz CT molecular complexity index is 709. The smallest absolute Gasteiger partial charge is 0.328 e. The van der Waals surface area contributed by atoms with Crippen molar-refractivity contribution in [2.24, 2.45) is 0 Å². The molecule has 1 aliphatic heterocycles. The fourth-order valence-corrected chi connectivity index (χ4v) is 3.58. The maximum atomic E-state index is 13.5.